The number of fused-ring (bicyclic) bond motifs is 1. The van der Waals surface area contributed by atoms with E-state index in [-0.39, 0.29) is 0 Å². The summed E-state index contributed by atoms with van der Waals surface area (Å²) in [6.45, 7) is 1.20. The number of benzene rings is 1. The molecule has 0 unspecified atom stereocenters. The number of aromatic nitrogens is 1. The molecule has 0 spiro atoms. The highest BCUT2D eigenvalue weighted by molar-refractivity contribution is 9.10. The van der Waals surface area contributed by atoms with E-state index in [0.29, 0.717) is 0 Å². The topological polar surface area (TPSA) is 4.93 Å². The average Bonchev–Trinajstić information content (AvgIpc) is 2.89. The fourth-order valence-corrected chi connectivity index (χ4v) is 3.18. The molecule has 1 aromatic carbocycles. The van der Waals surface area contributed by atoms with Crippen LogP contribution in [0.1, 0.15) is 25.7 Å². The Kier molecular flexibility index (Phi) is 2.76. The van der Waals surface area contributed by atoms with Crippen molar-refractivity contribution in [3.63, 3.8) is 0 Å². The Balaban J connectivity index is 1.91. The molecule has 3 rings (SSSR count). The lowest BCUT2D eigenvalue weighted by Crippen LogP contribution is -2.05. The van der Waals surface area contributed by atoms with Crippen LogP contribution in [0, 0.1) is 5.92 Å². The Morgan fingerprint density at radius 2 is 2.00 bits per heavy atom. The highest BCUT2D eigenvalue weighted by Gasteiger charge is 2.15. The minimum Gasteiger partial charge on any atom is -0.347 e. The predicted molar refractivity (Wildman–Crippen MR) is 71.6 cm³/mol. The monoisotopic (exact) mass is 277 g/mol. The van der Waals surface area contributed by atoms with Crippen LogP contribution in [0.3, 0.4) is 0 Å². The Labute approximate surface area is 105 Å². The van der Waals surface area contributed by atoms with Gasteiger partial charge in [0.1, 0.15) is 0 Å². The molecule has 0 atom stereocenters. The molecule has 0 saturated heterocycles. The molecule has 2 aromatic rings. The van der Waals surface area contributed by atoms with Gasteiger partial charge >= 0.3 is 0 Å². The fourth-order valence-electron chi connectivity index (χ4n) is 2.80. The van der Waals surface area contributed by atoms with E-state index in [1.54, 1.807) is 0 Å². The molecule has 1 aromatic heterocycles. The molecule has 0 aliphatic heterocycles. The van der Waals surface area contributed by atoms with Gasteiger partial charge in [-0.15, -0.1) is 0 Å². The maximum atomic E-state index is 3.52. The normalized spacial score (nSPS) is 17.3. The van der Waals surface area contributed by atoms with Crippen molar-refractivity contribution < 1.29 is 0 Å². The van der Waals surface area contributed by atoms with Crippen molar-refractivity contribution in [2.24, 2.45) is 5.92 Å². The van der Waals surface area contributed by atoms with Gasteiger partial charge in [0.2, 0.25) is 0 Å². The number of hydrogen-bond donors (Lipinski definition) is 0. The minimum atomic E-state index is 0.902. The van der Waals surface area contributed by atoms with Crippen LogP contribution < -0.4 is 0 Å². The van der Waals surface area contributed by atoms with Gasteiger partial charge in [0.05, 0.1) is 0 Å². The molecule has 0 N–H and O–H groups in total. The first kappa shape index (κ1) is 10.4. The first-order chi connectivity index (χ1) is 7.83. The number of nitrogens with zero attached hydrogens (tertiary/aromatic N) is 1. The van der Waals surface area contributed by atoms with Crippen LogP contribution in [0.15, 0.2) is 34.9 Å². The van der Waals surface area contributed by atoms with E-state index in [0.717, 1.165) is 5.92 Å². The smallest absolute Gasteiger partial charge is 0.0481 e. The van der Waals surface area contributed by atoms with E-state index in [1.807, 2.05) is 0 Å². The van der Waals surface area contributed by atoms with Crippen LogP contribution in [0.5, 0.6) is 0 Å². The zero-order valence-corrected chi connectivity index (χ0v) is 10.9. The van der Waals surface area contributed by atoms with Crippen LogP contribution in [-0.4, -0.2) is 4.57 Å². The summed E-state index contributed by atoms with van der Waals surface area (Å²) < 4.78 is 3.58. The number of halogens is 1. The summed E-state index contributed by atoms with van der Waals surface area (Å²) in [6, 6.07) is 8.76. The van der Waals surface area contributed by atoms with E-state index < -0.39 is 0 Å². The lowest BCUT2D eigenvalue weighted by atomic mass is 10.1. The molecule has 84 valence electrons. The highest BCUT2D eigenvalue weighted by Crippen LogP contribution is 2.28. The summed E-state index contributed by atoms with van der Waals surface area (Å²) in [5.74, 6) is 0.902. The van der Waals surface area contributed by atoms with Gasteiger partial charge in [-0.3, -0.25) is 0 Å². The van der Waals surface area contributed by atoms with Crippen molar-refractivity contribution in [2.75, 3.05) is 0 Å². The van der Waals surface area contributed by atoms with Crippen LogP contribution in [-0.2, 0) is 6.54 Å². The van der Waals surface area contributed by atoms with Gasteiger partial charge in [-0.2, -0.15) is 0 Å². The third-order valence-corrected chi connectivity index (χ3v) is 4.16. The van der Waals surface area contributed by atoms with Crippen molar-refractivity contribution in [1.82, 2.24) is 4.57 Å². The summed E-state index contributed by atoms with van der Waals surface area (Å²) in [5, 5.41) is 1.34. The third kappa shape index (κ3) is 1.91. The van der Waals surface area contributed by atoms with Crippen molar-refractivity contribution in [3.8, 4) is 0 Å². The van der Waals surface area contributed by atoms with Gasteiger partial charge in [-0.1, -0.05) is 28.8 Å². The van der Waals surface area contributed by atoms with E-state index in [1.165, 1.54) is 47.6 Å². The van der Waals surface area contributed by atoms with Crippen LogP contribution in [0.25, 0.3) is 10.9 Å². The van der Waals surface area contributed by atoms with Gasteiger partial charge in [-0.25, -0.2) is 0 Å². The summed E-state index contributed by atoms with van der Waals surface area (Å²) in [7, 11) is 0. The van der Waals surface area contributed by atoms with E-state index in [2.05, 4.69) is 51.0 Å². The standard InChI is InChI=1S/C14H16BrN/c15-13-5-6-14-12(9-13)7-8-16(14)10-11-3-1-2-4-11/h5-9,11H,1-4,10H2. The molecule has 16 heavy (non-hydrogen) atoms. The van der Waals surface area contributed by atoms with Gasteiger partial charge in [0.25, 0.3) is 0 Å². The molecule has 0 bridgehead atoms. The molecule has 1 fully saturated rings. The minimum absolute atomic E-state index is 0.902. The second-order valence-corrected chi connectivity index (χ2v) is 5.74. The van der Waals surface area contributed by atoms with Crippen LogP contribution in [0.2, 0.25) is 0 Å². The Hall–Kier alpha value is -0.760. The lowest BCUT2D eigenvalue weighted by Gasteiger charge is -2.11. The summed E-state index contributed by atoms with van der Waals surface area (Å²) >= 11 is 3.52. The van der Waals surface area contributed by atoms with Crippen molar-refractivity contribution in [2.45, 2.75) is 32.2 Å². The summed E-state index contributed by atoms with van der Waals surface area (Å²) in [5.41, 5.74) is 1.37. The maximum Gasteiger partial charge on any atom is 0.0481 e. The predicted octanol–water partition coefficient (Wildman–Crippen LogP) is 4.59. The van der Waals surface area contributed by atoms with E-state index in [4.69, 9.17) is 0 Å². The lowest BCUT2D eigenvalue weighted by molar-refractivity contribution is 0.466. The zero-order valence-electron chi connectivity index (χ0n) is 9.32. The molecule has 1 heterocycles. The SMILES string of the molecule is Brc1ccc2c(ccn2CC2CCCC2)c1. The van der Waals surface area contributed by atoms with Gasteiger partial charge in [0.15, 0.2) is 0 Å². The average molecular weight is 278 g/mol. The Bertz CT molecular complexity index is 494. The van der Waals surface area contributed by atoms with Gasteiger partial charge in [-0.05, 0) is 43.0 Å². The molecule has 1 nitrogen and oxygen atoms in total. The first-order valence-corrected chi connectivity index (χ1v) is 6.86. The molecular formula is C14H16BrN. The number of hydrogen-bond acceptors (Lipinski definition) is 0. The van der Waals surface area contributed by atoms with Gasteiger partial charge < -0.3 is 4.57 Å². The number of rotatable bonds is 2. The molecule has 0 radical (unpaired) electrons. The molecule has 0 amide bonds. The van der Waals surface area contributed by atoms with Crippen molar-refractivity contribution in [1.29, 1.82) is 0 Å². The second kappa shape index (κ2) is 4.25. The zero-order chi connectivity index (χ0) is 11.0. The van der Waals surface area contributed by atoms with Crippen molar-refractivity contribution in [3.05, 3.63) is 34.9 Å². The molecule has 2 heteroatoms. The largest absolute Gasteiger partial charge is 0.347 e. The van der Waals surface area contributed by atoms with Crippen LogP contribution in [0.4, 0.5) is 0 Å². The third-order valence-electron chi connectivity index (χ3n) is 3.66. The van der Waals surface area contributed by atoms with E-state index in [9.17, 15) is 0 Å². The summed E-state index contributed by atoms with van der Waals surface area (Å²) in [6.07, 6.45) is 7.91. The molecule has 1 aliphatic carbocycles. The van der Waals surface area contributed by atoms with Crippen molar-refractivity contribution >= 4 is 26.8 Å². The molecule has 1 saturated carbocycles. The summed E-state index contributed by atoms with van der Waals surface area (Å²) in [4.78, 5) is 0. The maximum absolute atomic E-state index is 3.52. The first-order valence-electron chi connectivity index (χ1n) is 6.07. The second-order valence-electron chi connectivity index (χ2n) is 4.82. The quantitative estimate of drug-likeness (QED) is 0.757. The Morgan fingerprint density at radius 3 is 2.81 bits per heavy atom. The molecule has 1 aliphatic rings. The Morgan fingerprint density at radius 1 is 1.19 bits per heavy atom. The molecular weight excluding hydrogens is 262 g/mol. The van der Waals surface area contributed by atoms with E-state index >= 15 is 0 Å². The van der Waals surface area contributed by atoms with Crippen LogP contribution >= 0.6 is 15.9 Å². The fraction of sp³-hybridized carbons (Fsp3) is 0.429. The highest BCUT2D eigenvalue weighted by atomic mass is 79.9. The van der Waals surface area contributed by atoms with Gasteiger partial charge in [0, 0.05) is 28.1 Å².